The van der Waals surface area contributed by atoms with Gasteiger partial charge in [0.2, 0.25) is 0 Å². The van der Waals surface area contributed by atoms with Crippen molar-refractivity contribution in [3.8, 4) is 11.5 Å². The molecule has 2 aromatic carbocycles. The Kier molecular flexibility index (Phi) is 5.27. The van der Waals surface area contributed by atoms with Gasteiger partial charge in [-0.25, -0.2) is 0 Å². The second-order valence-electron chi connectivity index (χ2n) is 6.01. The highest BCUT2D eigenvalue weighted by atomic mass is 16.5. The summed E-state index contributed by atoms with van der Waals surface area (Å²) in [5.74, 6) is 1.91. The predicted octanol–water partition coefficient (Wildman–Crippen LogP) is 4.74. The Morgan fingerprint density at radius 2 is 1.85 bits per heavy atom. The molecule has 0 unspecified atom stereocenters. The molecule has 0 bridgehead atoms. The summed E-state index contributed by atoms with van der Waals surface area (Å²) in [4.78, 5) is 12.4. The first-order valence-corrected chi connectivity index (χ1v) is 8.29. The van der Waals surface area contributed by atoms with E-state index in [1.54, 1.807) is 25.3 Å². The molecule has 5 heteroatoms. The third-order valence-corrected chi connectivity index (χ3v) is 3.95. The van der Waals surface area contributed by atoms with Crippen molar-refractivity contribution in [1.82, 2.24) is 0 Å². The summed E-state index contributed by atoms with van der Waals surface area (Å²) < 4.78 is 16.4. The minimum atomic E-state index is -0.286. The van der Waals surface area contributed by atoms with E-state index in [1.165, 1.54) is 0 Å². The molecule has 0 aliphatic carbocycles. The quantitative estimate of drug-likeness (QED) is 0.697. The molecule has 0 saturated heterocycles. The van der Waals surface area contributed by atoms with Crippen LogP contribution in [0.5, 0.6) is 11.5 Å². The summed E-state index contributed by atoms with van der Waals surface area (Å²) in [5.41, 5.74) is 2.86. The van der Waals surface area contributed by atoms with E-state index in [-0.39, 0.29) is 18.3 Å². The van der Waals surface area contributed by atoms with E-state index in [1.807, 2.05) is 50.2 Å². The summed E-state index contributed by atoms with van der Waals surface area (Å²) in [7, 11) is 1.60. The van der Waals surface area contributed by atoms with E-state index in [4.69, 9.17) is 13.9 Å². The number of methoxy groups -OCH3 is 1. The number of aryl methyl sites for hydroxylation is 2. The van der Waals surface area contributed by atoms with Gasteiger partial charge >= 0.3 is 0 Å². The van der Waals surface area contributed by atoms with Crippen molar-refractivity contribution in [3.05, 3.63) is 77.2 Å². The fourth-order valence-corrected chi connectivity index (χ4v) is 2.48. The Balaban J connectivity index is 1.63. The fraction of sp³-hybridized carbons (Fsp3) is 0.190. The van der Waals surface area contributed by atoms with Crippen LogP contribution in [0.25, 0.3) is 0 Å². The zero-order valence-electron chi connectivity index (χ0n) is 15.0. The summed E-state index contributed by atoms with van der Waals surface area (Å²) in [6.45, 7) is 4.16. The number of amides is 1. The van der Waals surface area contributed by atoms with Gasteiger partial charge in [0.25, 0.3) is 5.91 Å². The second kappa shape index (κ2) is 7.78. The van der Waals surface area contributed by atoms with Crippen molar-refractivity contribution < 1.29 is 18.7 Å². The lowest BCUT2D eigenvalue weighted by Gasteiger charge is -2.08. The van der Waals surface area contributed by atoms with Crippen LogP contribution in [-0.2, 0) is 6.61 Å². The van der Waals surface area contributed by atoms with Gasteiger partial charge in [-0.3, -0.25) is 4.79 Å². The van der Waals surface area contributed by atoms with E-state index < -0.39 is 0 Å². The number of benzene rings is 2. The molecule has 0 aliphatic heterocycles. The Morgan fingerprint density at radius 3 is 2.65 bits per heavy atom. The van der Waals surface area contributed by atoms with Gasteiger partial charge in [-0.15, -0.1) is 0 Å². The maximum atomic E-state index is 12.4. The normalized spacial score (nSPS) is 10.4. The zero-order chi connectivity index (χ0) is 18.5. The van der Waals surface area contributed by atoms with Gasteiger partial charge in [-0.2, -0.15) is 0 Å². The molecule has 0 aliphatic rings. The topological polar surface area (TPSA) is 60.7 Å². The molecule has 3 rings (SSSR count). The molecule has 0 fully saturated rings. The Hall–Kier alpha value is -3.21. The molecule has 1 heterocycles. The summed E-state index contributed by atoms with van der Waals surface area (Å²) in [6.07, 6.45) is 0. The van der Waals surface area contributed by atoms with Crippen molar-refractivity contribution in [2.75, 3.05) is 12.4 Å². The van der Waals surface area contributed by atoms with E-state index in [2.05, 4.69) is 5.32 Å². The number of rotatable bonds is 6. The molecular weight excluding hydrogens is 330 g/mol. The van der Waals surface area contributed by atoms with Crippen LogP contribution in [0.2, 0.25) is 0 Å². The Labute approximate surface area is 152 Å². The van der Waals surface area contributed by atoms with Crippen LogP contribution in [-0.4, -0.2) is 13.0 Å². The van der Waals surface area contributed by atoms with Crippen molar-refractivity contribution in [2.45, 2.75) is 20.5 Å². The Morgan fingerprint density at radius 1 is 1.04 bits per heavy atom. The molecule has 1 amide bonds. The summed E-state index contributed by atoms with van der Waals surface area (Å²) in [5, 5.41) is 2.88. The molecule has 0 spiro atoms. The van der Waals surface area contributed by atoms with Gasteiger partial charge in [-0.1, -0.05) is 18.2 Å². The summed E-state index contributed by atoms with van der Waals surface area (Å²) >= 11 is 0. The summed E-state index contributed by atoms with van der Waals surface area (Å²) in [6, 6.07) is 16.6. The predicted molar refractivity (Wildman–Crippen MR) is 99.9 cm³/mol. The van der Waals surface area contributed by atoms with Crippen LogP contribution in [0.1, 0.15) is 27.4 Å². The molecule has 1 aromatic heterocycles. The minimum absolute atomic E-state index is 0.226. The van der Waals surface area contributed by atoms with Crippen LogP contribution >= 0.6 is 0 Å². The standard InChI is InChI=1S/C21H21NO4/c1-14-7-8-15(2)19(11-14)22-21(23)20-10-9-18(26-20)13-25-17-6-4-5-16(12-17)24-3/h4-12H,13H2,1-3H3,(H,22,23). The zero-order valence-corrected chi connectivity index (χ0v) is 15.0. The lowest BCUT2D eigenvalue weighted by atomic mass is 10.1. The van der Waals surface area contributed by atoms with Gasteiger partial charge in [0, 0.05) is 11.8 Å². The number of anilines is 1. The molecule has 0 atom stereocenters. The third kappa shape index (κ3) is 4.25. The van der Waals surface area contributed by atoms with Gasteiger partial charge in [0.1, 0.15) is 23.9 Å². The van der Waals surface area contributed by atoms with Crippen LogP contribution in [0.3, 0.4) is 0 Å². The number of hydrogen-bond acceptors (Lipinski definition) is 4. The lowest BCUT2D eigenvalue weighted by Crippen LogP contribution is -2.12. The highest BCUT2D eigenvalue weighted by Gasteiger charge is 2.13. The molecule has 0 saturated carbocycles. The Bertz CT molecular complexity index is 914. The van der Waals surface area contributed by atoms with Gasteiger partial charge in [-0.05, 0) is 55.3 Å². The first-order chi connectivity index (χ1) is 12.5. The minimum Gasteiger partial charge on any atom is -0.497 e. The lowest BCUT2D eigenvalue weighted by molar-refractivity contribution is 0.0992. The van der Waals surface area contributed by atoms with E-state index in [0.29, 0.717) is 11.5 Å². The van der Waals surface area contributed by atoms with Crippen LogP contribution in [0.15, 0.2) is 59.0 Å². The molecule has 134 valence electrons. The molecule has 5 nitrogen and oxygen atoms in total. The highest BCUT2D eigenvalue weighted by Crippen LogP contribution is 2.21. The first-order valence-electron chi connectivity index (χ1n) is 8.29. The number of carbonyl (C=O) groups is 1. The van der Waals surface area contributed by atoms with Gasteiger partial charge in [0.05, 0.1) is 7.11 Å². The van der Waals surface area contributed by atoms with Gasteiger partial charge in [0.15, 0.2) is 5.76 Å². The van der Waals surface area contributed by atoms with Crippen LogP contribution in [0, 0.1) is 13.8 Å². The number of hydrogen-bond donors (Lipinski definition) is 1. The van der Waals surface area contributed by atoms with Crippen molar-refractivity contribution in [1.29, 1.82) is 0 Å². The van der Waals surface area contributed by atoms with Crippen molar-refractivity contribution in [3.63, 3.8) is 0 Å². The smallest absolute Gasteiger partial charge is 0.291 e. The van der Waals surface area contributed by atoms with Crippen molar-refractivity contribution >= 4 is 11.6 Å². The second-order valence-corrected chi connectivity index (χ2v) is 6.01. The van der Waals surface area contributed by atoms with Crippen LogP contribution in [0.4, 0.5) is 5.69 Å². The number of ether oxygens (including phenoxy) is 2. The third-order valence-electron chi connectivity index (χ3n) is 3.95. The number of furan rings is 1. The number of nitrogens with one attached hydrogen (secondary N) is 1. The van der Waals surface area contributed by atoms with E-state index in [9.17, 15) is 4.79 Å². The average molecular weight is 351 g/mol. The molecule has 3 aromatic rings. The molecule has 1 N–H and O–H groups in total. The van der Waals surface area contributed by atoms with Gasteiger partial charge < -0.3 is 19.2 Å². The van der Waals surface area contributed by atoms with E-state index >= 15 is 0 Å². The fourth-order valence-electron chi connectivity index (χ4n) is 2.48. The largest absolute Gasteiger partial charge is 0.497 e. The maximum Gasteiger partial charge on any atom is 0.291 e. The maximum absolute atomic E-state index is 12.4. The molecule has 0 radical (unpaired) electrons. The first kappa shape index (κ1) is 17.6. The number of carbonyl (C=O) groups excluding carboxylic acids is 1. The average Bonchev–Trinajstić information content (AvgIpc) is 3.12. The molecule has 26 heavy (non-hydrogen) atoms. The molecular formula is C21H21NO4. The highest BCUT2D eigenvalue weighted by molar-refractivity contribution is 6.02. The van der Waals surface area contributed by atoms with E-state index in [0.717, 1.165) is 22.6 Å². The monoisotopic (exact) mass is 351 g/mol. The van der Waals surface area contributed by atoms with Crippen LogP contribution < -0.4 is 14.8 Å². The SMILES string of the molecule is COc1cccc(OCc2ccc(C(=O)Nc3cc(C)ccc3C)o2)c1. The van der Waals surface area contributed by atoms with Crippen molar-refractivity contribution in [2.24, 2.45) is 0 Å².